The highest BCUT2D eigenvalue weighted by atomic mass is 16.5. The molecule has 1 heterocycles. The van der Waals surface area contributed by atoms with Crippen molar-refractivity contribution in [3.63, 3.8) is 0 Å². The summed E-state index contributed by atoms with van der Waals surface area (Å²) in [7, 11) is 3.39. The fourth-order valence-corrected chi connectivity index (χ4v) is 2.94. The number of rotatable bonds is 10. The lowest BCUT2D eigenvalue weighted by atomic mass is 10.2. The fraction of sp³-hybridized carbons (Fsp3) is 0.280. The topological polar surface area (TPSA) is 77.0 Å². The smallest absolute Gasteiger partial charge is 0.191 e. The van der Waals surface area contributed by atoms with Crippen LogP contribution in [0.1, 0.15) is 18.2 Å². The number of hydrogen-bond donors (Lipinski definition) is 2. The van der Waals surface area contributed by atoms with Gasteiger partial charge in [0.1, 0.15) is 30.0 Å². The van der Waals surface area contributed by atoms with Gasteiger partial charge < -0.3 is 24.8 Å². The maximum atomic E-state index is 5.94. The van der Waals surface area contributed by atoms with Gasteiger partial charge >= 0.3 is 0 Å². The molecule has 1 unspecified atom stereocenters. The van der Waals surface area contributed by atoms with E-state index in [0.29, 0.717) is 25.7 Å². The standard InChI is InChI=1S/C25H30N4O3/c1-19(32-24-9-6-8-23(15-24)30-3)16-28-25(26-2)29-17-20-10-12-22(13-11-20)31-18-21-7-4-5-14-27-21/h4-15,19H,16-18H2,1-3H3,(H2,26,28,29). The van der Waals surface area contributed by atoms with Crippen molar-refractivity contribution in [1.29, 1.82) is 0 Å². The summed E-state index contributed by atoms with van der Waals surface area (Å²) in [6.07, 6.45) is 1.72. The van der Waals surface area contributed by atoms with Crippen molar-refractivity contribution >= 4 is 5.96 Å². The molecule has 1 aromatic heterocycles. The van der Waals surface area contributed by atoms with Gasteiger partial charge in [0, 0.05) is 25.9 Å². The number of nitrogens with one attached hydrogen (secondary N) is 2. The summed E-state index contributed by atoms with van der Waals surface area (Å²) in [4.78, 5) is 8.54. The summed E-state index contributed by atoms with van der Waals surface area (Å²) in [5, 5.41) is 6.60. The van der Waals surface area contributed by atoms with Crippen molar-refractivity contribution in [2.24, 2.45) is 4.99 Å². The van der Waals surface area contributed by atoms with E-state index in [0.717, 1.165) is 28.5 Å². The molecule has 0 saturated carbocycles. The zero-order chi connectivity index (χ0) is 22.6. The van der Waals surface area contributed by atoms with Gasteiger partial charge in [-0.25, -0.2) is 0 Å². The molecule has 0 amide bonds. The Labute approximate surface area is 189 Å². The van der Waals surface area contributed by atoms with E-state index >= 15 is 0 Å². The molecule has 0 aliphatic carbocycles. The first-order chi connectivity index (χ1) is 15.7. The third kappa shape index (κ3) is 7.50. The van der Waals surface area contributed by atoms with Crippen LogP contribution in [0.25, 0.3) is 0 Å². The minimum Gasteiger partial charge on any atom is -0.497 e. The van der Waals surface area contributed by atoms with E-state index in [4.69, 9.17) is 14.2 Å². The second-order valence-corrected chi connectivity index (χ2v) is 7.17. The van der Waals surface area contributed by atoms with Gasteiger partial charge in [-0.2, -0.15) is 0 Å². The molecule has 32 heavy (non-hydrogen) atoms. The van der Waals surface area contributed by atoms with E-state index in [1.54, 1.807) is 20.4 Å². The van der Waals surface area contributed by atoms with Gasteiger partial charge in [-0.05, 0) is 48.9 Å². The molecule has 3 aromatic rings. The minimum atomic E-state index is -0.0452. The molecule has 0 aliphatic heterocycles. The molecular formula is C25H30N4O3. The molecule has 7 nitrogen and oxygen atoms in total. The number of nitrogens with zero attached hydrogens (tertiary/aromatic N) is 2. The van der Waals surface area contributed by atoms with Gasteiger partial charge in [-0.3, -0.25) is 9.98 Å². The predicted octanol–water partition coefficient (Wildman–Crippen LogP) is 3.80. The molecule has 3 rings (SSSR count). The Hall–Kier alpha value is -3.74. The summed E-state index contributed by atoms with van der Waals surface area (Å²) < 4.78 is 17.0. The number of pyridine rings is 1. The molecular weight excluding hydrogens is 404 g/mol. The Morgan fingerprint density at radius 2 is 1.78 bits per heavy atom. The molecule has 2 aromatic carbocycles. The highest BCUT2D eigenvalue weighted by Gasteiger charge is 2.07. The number of benzene rings is 2. The molecule has 0 saturated heterocycles. The Morgan fingerprint density at radius 1 is 0.969 bits per heavy atom. The summed E-state index contributed by atoms with van der Waals surface area (Å²) in [5.74, 6) is 3.06. The Bertz CT molecular complexity index is 978. The zero-order valence-electron chi connectivity index (χ0n) is 18.7. The molecule has 0 fully saturated rings. The average Bonchev–Trinajstić information content (AvgIpc) is 2.84. The molecule has 0 radical (unpaired) electrons. The monoisotopic (exact) mass is 434 g/mol. The van der Waals surface area contributed by atoms with Crippen LogP contribution in [0, 0.1) is 0 Å². The molecule has 168 valence electrons. The van der Waals surface area contributed by atoms with Gasteiger partial charge in [-0.15, -0.1) is 0 Å². The van der Waals surface area contributed by atoms with Crippen LogP contribution < -0.4 is 24.8 Å². The molecule has 0 aliphatic rings. The van der Waals surface area contributed by atoms with Crippen molar-refractivity contribution < 1.29 is 14.2 Å². The molecule has 0 bridgehead atoms. The zero-order valence-corrected chi connectivity index (χ0v) is 18.7. The van der Waals surface area contributed by atoms with Gasteiger partial charge in [0.05, 0.1) is 19.3 Å². The summed E-state index contributed by atoms with van der Waals surface area (Å²) in [6, 6.07) is 21.3. The van der Waals surface area contributed by atoms with Crippen LogP contribution in [0.15, 0.2) is 77.9 Å². The third-order valence-corrected chi connectivity index (χ3v) is 4.66. The van der Waals surface area contributed by atoms with Gasteiger partial charge in [-0.1, -0.05) is 24.3 Å². The first-order valence-corrected chi connectivity index (χ1v) is 10.5. The van der Waals surface area contributed by atoms with Crippen LogP contribution in [0.3, 0.4) is 0 Å². The maximum absolute atomic E-state index is 5.94. The Balaban J connectivity index is 1.40. The Kier molecular flexibility index (Phi) is 8.74. The first-order valence-electron chi connectivity index (χ1n) is 10.5. The second kappa shape index (κ2) is 12.2. The lowest BCUT2D eigenvalue weighted by molar-refractivity contribution is 0.223. The van der Waals surface area contributed by atoms with Gasteiger partial charge in [0.2, 0.25) is 0 Å². The third-order valence-electron chi connectivity index (χ3n) is 4.66. The quantitative estimate of drug-likeness (QED) is 0.373. The van der Waals surface area contributed by atoms with Gasteiger partial charge in [0.15, 0.2) is 5.96 Å². The summed E-state index contributed by atoms with van der Waals surface area (Å²) in [5.41, 5.74) is 2.02. The van der Waals surface area contributed by atoms with E-state index in [2.05, 4.69) is 20.6 Å². The number of hydrogen-bond acceptors (Lipinski definition) is 5. The first kappa shape index (κ1) is 22.9. The van der Waals surface area contributed by atoms with E-state index in [-0.39, 0.29) is 6.10 Å². The van der Waals surface area contributed by atoms with Crippen molar-refractivity contribution in [2.45, 2.75) is 26.2 Å². The summed E-state index contributed by atoms with van der Waals surface area (Å²) in [6.45, 7) is 3.71. The van der Waals surface area contributed by atoms with Crippen molar-refractivity contribution in [3.05, 3.63) is 84.2 Å². The second-order valence-electron chi connectivity index (χ2n) is 7.17. The fourth-order valence-electron chi connectivity index (χ4n) is 2.94. The molecule has 0 spiro atoms. The highest BCUT2D eigenvalue weighted by molar-refractivity contribution is 5.79. The average molecular weight is 435 g/mol. The van der Waals surface area contributed by atoms with E-state index in [1.807, 2.05) is 73.7 Å². The van der Waals surface area contributed by atoms with Gasteiger partial charge in [0.25, 0.3) is 0 Å². The van der Waals surface area contributed by atoms with Crippen molar-refractivity contribution in [2.75, 3.05) is 20.7 Å². The largest absolute Gasteiger partial charge is 0.497 e. The van der Waals surface area contributed by atoms with Crippen LogP contribution in [-0.4, -0.2) is 37.7 Å². The predicted molar refractivity (Wildman–Crippen MR) is 126 cm³/mol. The Morgan fingerprint density at radius 3 is 2.50 bits per heavy atom. The van der Waals surface area contributed by atoms with Crippen LogP contribution in [-0.2, 0) is 13.2 Å². The highest BCUT2D eigenvalue weighted by Crippen LogP contribution is 2.19. The number of aromatic nitrogens is 1. The number of aliphatic imine (C=N–C) groups is 1. The number of methoxy groups -OCH3 is 1. The van der Waals surface area contributed by atoms with Crippen LogP contribution in [0.5, 0.6) is 17.2 Å². The minimum absolute atomic E-state index is 0.0452. The normalized spacial score (nSPS) is 12.0. The van der Waals surface area contributed by atoms with E-state index < -0.39 is 0 Å². The van der Waals surface area contributed by atoms with Crippen molar-refractivity contribution in [3.8, 4) is 17.2 Å². The molecule has 1 atom stereocenters. The lowest BCUT2D eigenvalue weighted by Gasteiger charge is -2.18. The summed E-state index contributed by atoms with van der Waals surface area (Å²) >= 11 is 0. The SMILES string of the molecule is CN=C(NCc1ccc(OCc2ccccn2)cc1)NCC(C)Oc1cccc(OC)c1. The number of ether oxygens (including phenoxy) is 3. The van der Waals surface area contributed by atoms with Crippen LogP contribution >= 0.6 is 0 Å². The molecule has 2 N–H and O–H groups in total. The van der Waals surface area contributed by atoms with Crippen molar-refractivity contribution in [1.82, 2.24) is 15.6 Å². The maximum Gasteiger partial charge on any atom is 0.191 e. The van der Waals surface area contributed by atoms with E-state index in [9.17, 15) is 0 Å². The number of guanidine groups is 1. The van der Waals surface area contributed by atoms with Crippen LogP contribution in [0.4, 0.5) is 0 Å². The lowest BCUT2D eigenvalue weighted by Crippen LogP contribution is -2.41. The van der Waals surface area contributed by atoms with Crippen LogP contribution in [0.2, 0.25) is 0 Å². The molecule has 7 heteroatoms. The van der Waals surface area contributed by atoms with E-state index in [1.165, 1.54) is 0 Å².